The molecule has 2 aromatic rings. The number of halogens is 1. The standard InChI is InChI=1S/C22H21ClN4O6/c1-33-17-8-13(7-16(28)19(17)23)25-22(32)24-9-11-2-3-14-12(6-11)10-27(21(14)31)15-4-5-18(29)26-20(15)30/h2-3,6-8,15,28H,4-5,9-10H2,1H3,(H2,24,25,32)(H,26,29,30). The number of amides is 5. The van der Waals surface area contributed by atoms with E-state index in [1.165, 1.54) is 24.1 Å². The predicted octanol–water partition coefficient (Wildman–Crippen LogP) is 2.14. The lowest BCUT2D eigenvalue weighted by Gasteiger charge is -2.29. The van der Waals surface area contributed by atoms with Crippen LogP contribution in [0, 0.1) is 0 Å². The molecule has 2 aromatic carbocycles. The number of fused-ring (bicyclic) bond motifs is 1. The van der Waals surface area contributed by atoms with Crippen LogP contribution in [0.2, 0.25) is 5.02 Å². The zero-order valence-electron chi connectivity index (χ0n) is 17.6. The second-order valence-corrected chi connectivity index (χ2v) is 8.09. The zero-order chi connectivity index (χ0) is 23.7. The number of carbonyl (C=O) groups is 4. The topological polar surface area (TPSA) is 137 Å². The second kappa shape index (κ2) is 8.99. The van der Waals surface area contributed by atoms with Crippen molar-refractivity contribution in [2.24, 2.45) is 0 Å². The lowest BCUT2D eigenvalue weighted by atomic mass is 10.0. The summed E-state index contributed by atoms with van der Waals surface area (Å²) in [7, 11) is 1.39. The lowest BCUT2D eigenvalue weighted by molar-refractivity contribution is -0.136. The Labute approximate surface area is 193 Å². The number of phenolic OH excluding ortho intramolecular Hbond substituents is 1. The zero-order valence-corrected chi connectivity index (χ0v) is 18.4. The maximum atomic E-state index is 12.7. The van der Waals surface area contributed by atoms with Crippen LogP contribution in [0.1, 0.15) is 34.3 Å². The summed E-state index contributed by atoms with van der Waals surface area (Å²) in [6.45, 7) is 0.437. The summed E-state index contributed by atoms with van der Waals surface area (Å²) < 4.78 is 5.06. The van der Waals surface area contributed by atoms with E-state index in [-0.39, 0.29) is 47.8 Å². The van der Waals surface area contributed by atoms with E-state index < -0.39 is 18.0 Å². The van der Waals surface area contributed by atoms with Crippen molar-refractivity contribution in [1.82, 2.24) is 15.5 Å². The number of aromatic hydroxyl groups is 1. The first-order valence-electron chi connectivity index (χ1n) is 10.1. The Morgan fingerprint density at radius 1 is 1.27 bits per heavy atom. The number of nitrogens with one attached hydrogen (secondary N) is 3. The lowest BCUT2D eigenvalue weighted by Crippen LogP contribution is -2.52. The normalized spacial score (nSPS) is 17.5. The summed E-state index contributed by atoms with van der Waals surface area (Å²) >= 11 is 5.91. The highest BCUT2D eigenvalue weighted by molar-refractivity contribution is 6.33. The van der Waals surface area contributed by atoms with Crippen LogP contribution in [0.25, 0.3) is 0 Å². The van der Waals surface area contributed by atoms with Crippen LogP contribution in [0.3, 0.4) is 0 Å². The van der Waals surface area contributed by atoms with Crippen LogP contribution < -0.4 is 20.7 Å². The van der Waals surface area contributed by atoms with Gasteiger partial charge in [0.15, 0.2) is 0 Å². The number of carbonyl (C=O) groups excluding carboxylic acids is 4. The summed E-state index contributed by atoms with van der Waals surface area (Å²) in [5, 5.41) is 17.4. The molecular weight excluding hydrogens is 452 g/mol. The van der Waals surface area contributed by atoms with Crippen LogP contribution in [-0.4, -0.2) is 46.9 Å². The molecule has 33 heavy (non-hydrogen) atoms. The first kappa shape index (κ1) is 22.4. The molecule has 0 aromatic heterocycles. The number of rotatable bonds is 5. The van der Waals surface area contributed by atoms with Crippen molar-refractivity contribution < 1.29 is 29.0 Å². The fourth-order valence-electron chi connectivity index (χ4n) is 3.90. The van der Waals surface area contributed by atoms with Crippen molar-refractivity contribution in [2.75, 3.05) is 12.4 Å². The number of urea groups is 1. The quantitative estimate of drug-likeness (QED) is 0.492. The van der Waals surface area contributed by atoms with E-state index in [2.05, 4.69) is 16.0 Å². The summed E-state index contributed by atoms with van der Waals surface area (Å²) in [6.07, 6.45) is 0.488. The van der Waals surface area contributed by atoms with E-state index in [1.54, 1.807) is 18.2 Å². The molecule has 2 heterocycles. The minimum absolute atomic E-state index is 0.0440. The van der Waals surface area contributed by atoms with Crippen molar-refractivity contribution in [3.8, 4) is 11.5 Å². The molecule has 2 aliphatic rings. The molecule has 0 radical (unpaired) electrons. The van der Waals surface area contributed by atoms with E-state index in [0.29, 0.717) is 17.7 Å². The number of benzene rings is 2. The first-order valence-corrected chi connectivity index (χ1v) is 10.5. The fraction of sp³-hybridized carbons (Fsp3) is 0.273. The third-order valence-corrected chi connectivity index (χ3v) is 5.92. The number of hydrogen-bond donors (Lipinski definition) is 4. The number of methoxy groups -OCH3 is 1. The Hall–Kier alpha value is -3.79. The Morgan fingerprint density at radius 2 is 2.06 bits per heavy atom. The van der Waals surface area contributed by atoms with Crippen molar-refractivity contribution in [1.29, 1.82) is 0 Å². The molecule has 5 amide bonds. The van der Waals surface area contributed by atoms with Gasteiger partial charge in [-0.25, -0.2) is 4.79 Å². The van der Waals surface area contributed by atoms with Gasteiger partial charge in [0.2, 0.25) is 11.8 Å². The third-order valence-electron chi connectivity index (χ3n) is 5.54. The summed E-state index contributed by atoms with van der Waals surface area (Å²) in [4.78, 5) is 50.0. The minimum atomic E-state index is -0.678. The van der Waals surface area contributed by atoms with Gasteiger partial charge in [0, 0.05) is 42.9 Å². The van der Waals surface area contributed by atoms with Crippen molar-refractivity contribution in [3.05, 3.63) is 52.0 Å². The highest BCUT2D eigenvalue weighted by atomic mass is 35.5. The Kier molecular flexibility index (Phi) is 6.10. The van der Waals surface area contributed by atoms with Gasteiger partial charge in [0.05, 0.1) is 7.11 Å². The molecule has 0 spiro atoms. The molecule has 1 saturated heterocycles. The Bertz CT molecular complexity index is 1170. The van der Waals surface area contributed by atoms with Gasteiger partial charge in [-0.2, -0.15) is 0 Å². The van der Waals surface area contributed by atoms with Gasteiger partial charge in [0.25, 0.3) is 5.91 Å². The van der Waals surface area contributed by atoms with Gasteiger partial charge in [-0.05, 0) is 23.6 Å². The number of nitrogens with zero attached hydrogens (tertiary/aromatic N) is 1. The summed E-state index contributed by atoms with van der Waals surface area (Å²) in [5.41, 5.74) is 2.30. The van der Waals surface area contributed by atoms with Gasteiger partial charge in [-0.3, -0.25) is 19.7 Å². The molecule has 2 aliphatic heterocycles. The predicted molar refractivity (Wildman–Crippen MR) is 118 cm³/mol. The van der Waals surface area contributed by atoms with E-state index in [0.717, 1.165) is 11.1 Å². The molecule has 0 bridgehead atoms. The van der Waals surface area contributed by atoms with Crippen LogP contribution in [-0.2, 0) is 22.7 Å². The fourth-order valence-corrected chi connectivity index (χ4v) is 4.09. The number of piperidine rings is 1. The smallest absolute Gasteiger partial charge is 0.319 e. The second-order valence-electron chi connectivity index (χ2n) is 7.71. The highest BCUT2D eigenvalue weighted by Crippen LogP contribution is 2.36. The molecule has 11 heteroatoms. The maximum Gasteiger partial charge on any atom is 0.319 e. The van der Waals surface area contributed by atoms with E-state index in [1.807, 2.05) is 0 Å². The average Bonchev–Trinajstić information content (AvgIpc) is 3.10. The van der Waals surface area contributed by atoms with Crippen LogP contribution >= 0.6 is 11.6 Å². The molecule has 0 aliphatic carbocycles. The summed E-state index contributed by atoms with van der Waals surface area (Å²) in [5.74, 6) is -1.06. The van der Waals surface area contributed by atoms with E-state index in [9.17, 15) is 24.3 Å². The number of ether oxygens (including phenoxy) is 1. The SMILES string of the molecule is COc1cc(NC(=O)NCc2ccc3c(c2)CN(C2CCC(=O)NC2=O)C3=O)cc(O)c1Cl. The van der Waals surface area contributed by atoms with Gasteiger partial charge in [-0.15, -0.1) is 0 Å². The van der Waals surface area contributed by atoms with Crippen molar-refractivity contribution in [3.63, 3.8) is 0 Å². The van der Waals surface area contributed by atoms with Gasteiger partial charge >= 0.3 is 6.03 Å². The molecule has 1 unspecified atom stereocenters. The number of anilines is 1. The van der Waals surface area contributed by atoms with Crippen LogP contribution in [0.4, 0.5) is 10.5 Å². The van der Waals surface area contributed by atoms with Crippen LogP contribution in [0.5, 0.6) is 11.5 Å². The van der Waals surface area contributed by atoms with Gasteiger partial charge < -0.3 is 25.4 Å². The number of hydrogen-bond acceptors (Lipinski definition) is 6. The Morgan fingerprint density at radius 3 is 2.79 bits per heavy atom. The Balaban J connectivity index is 1.38. The molecule has 4 rings (SSSR count). The number of imide groups is 1. The van der Waals surface area contributed by atoms with Crippen molar-refractivity contribution >= 4 is 41.0 Å². The maximum absolute atomic E-state index is 12.7. The van der Waals surface area contributed by atoms with Crippen LogP contribution in [0.15, 0.2) is 30.3 Å². The number of phenols is 1. The highest BCUT2D eigenvalue weighted by Gasteiger charge is 2.39. The summed E-state index contributed by atoms with van der Waals surface area (Å²) in [6, 6.07) is 6.78. The average molecular weight is 473 g/mol. The van der Waals surface area contributed by atoms with E-state index >= 15 is 0 Å². The molecular formula is C22H21ClN4O6. The molecule has 1 fully saturated rings. The molecule has 4 N–H and O–H groups in total. The molecule has 1 atom stereocenters. The van der Waals surface area contributed by atoms with E-state index in [4.69, 9.17) is 16.3 Å². The monoisotopic (exact) mass is 472 g/mol. The van der Waals surface area contributed by atoms with Gasteiger partial charge in [-0.1, -0.05) is 23.7 Å². The first-order chi connectivity index (χ1) is 15.8. The molecule has 0 saturated carbocycles. The largest absolute Gasteiger partial charge is 0.506 e. The molecule has 172 valence electrons. The third kappa shape index (κ3) is 4.56. The minimum Gasteiger partial charge on any atom is -0.506 e. The molecule has 10 nitrogen and oxygen atoms in total. The van der Waals surface area contributed by atoms with Gasteiger partial charge in [0.1, 0.15) is 22.6 Å². The van der Waals surface area contributed by atoms with Crippen molar-refractivity contribution in [2.45, 2.75) is 32.0 Å².